The minimum Gasteiger partial charge on any atom is -0.103 e. The largest absolute Gasteiger partial charge is 0.103 e. The predicted molar refractivity (Wildman–Crippen MR) is 38.3 cm³/mol. The smallest absolute Gasteiger partial charge is 0.0353 e. The summed E-state index contributed by atoms with van der Waals surface area (Å²) in [5.41, 5.74) is 0. The summed E-state index contributed by atoms with van der Waals surface area (Å²) in [6, 6.07) is 0. The van der Waals surface area contributed by atoms with Crippen molar-refractivity contribution in [2.24, 2.45) is 5.92 Å². The quantitative estimate of drug-likeness (QED) is 0.385. The van der Waals surface area contributed by atoms with Crippen LogP contribution in [0.3, 0.4) is 0 Å². The number of hydrogen-bond donors (Lipinski definition) is 0. The molecule has 0 amide bonds. The van der Waals surface area contributed by atoms with E-state index in [1.165, 1.54) is 6.42 Å². The zero-order chi connectivity index (χ0) is 6.41. The summed E-state index contributed by atoms with van der Waals surface area (Å²) >= 11 is 0. The summed E-state index contributed by atoms with van der Waals surface area (Å²) in [7, 11) is 0. The van der Waals surface area contributed by atoms with Gasteiger partial charge in [-0.3, -0.25) is 0 Å². The molecule has 0 nitrogen and oxygen atoms in total. The van der Waals surface area contributed by atoms with E-state index >= 15 is 0 Å². The summed E-state index contributed by atoms with van der Waals surface area (Å²) < 4.78 is 0. The van der Waals surface area contributed by atoms with Gasteiger partial charge >= 0.3 is 0 Å². The molecule has 0 rings (SSSR count). The maximum absolute atomic E-state index is 3.76. The first-order valence-electron chi connectivity index (χ1n) is 3.04. The minimum absolute atomic E-state index is 0.356. The van der Waals surface area contributed by atoms with E-state index in [1.807, 2.05) is 6.08 Å². The van der Waals surface area contributed by atoms with Crippen molar-refractivity contribution >= 4 is 0 Å². The molecule has 0 aliphatic heterocycles. The first kappa shape index (κ1) is 7.74. The molecule has 0 unspecified atom stereocenters. The Morgan fingerprint density at radius 3 is 2.38 bits per heavy atom. The lowest BCUT2D eigenvalue weighted by Gasteiger charge is -1.99. The second-order valence-electron chi connectivity index (χ2n) is 2.09. The van der Waals surface area contributed by atoms with E-state index in [0.717, 1.165) is 12.8 Å². The van der Waals surface area contributed by atoms with Crippen LogP contribution in [0, 0.1) is 19.8 Å². The predicted octanol–water partition coefficient (Wildman–Crippen LogP) is 2.63. The Kier molecular flexibility index (Phi) is 4.73. The van der Waals surface area contributed by atoms with Gasteiger partial charge in [-0.15, -0.1) is 6.58 Å². The van der Waals surface area contributed by atoms with Gasteiger partial charge in [0.05, 0.1) is 0 Å². The fourth-order valence-corrected chi connectivity index (χ4v) is 0.551. The summed E-state index contributed by atoms with van der Waals surface area (Å²) in [6.07, 6.45) is 5.33. The molecule has 0 aromatic carbocycles. The van der Waals surface area contributed by atoms with E-state index in [1.54, 1.807) is 0 Å². The van der Waals surface area contributed by atoms with Crippen LogP contribution in [0.25, 0.3) is 0 Å². The first-order valence-corrected chi connectivity index (χ1v) is 3.04. The van der Waals surface area contributed by atoms with Gasteiger partial charge < -0.3 is 0 Å². The maximum Gasteiger partial charge on any atom is -0.0353 e. The van der Waals surface area contributed by atoms with E-state index in [0.29, 0.717) is 5.92 Å². The third-order valence-electron chi connectivity index (χ3n) is 1.02. The Bertz CT molecular complexity index is 53.1. The minimum atomic E-state index is 0.356. The van der Waals surface area contributed by atoms with Crippen molar-refractivity contribution in [3.05, 3.63) is 26.5 Å². The van der Waals surface area contributed by atoms with Crippen LogP contribution in [0.4, 0.5) is 0 Å². The van der Waals surface area contributed by atoms with Crippen molar-refractivity contribution in [3.8, 4) is 0 Å². The Balaban J connectivity index is 2.81. The van der Waals surface area contributed by atoms with Gasteiger partial charge in [-0.25, -0.2) is 0 Å². The molecule has 0 heterocycles. The van der Waals surface area contributed by atoms with E-state index < -0.39 is 0 Å². The average Bonchev–Trinajstić information content (AvgIpc) is 1.66. The standard InChI is InChI=1S/C8H14/c1-4-5-6-7-8(2)3/h4,8H,1-3,5-7H2. The van der Waals surface area contributed by atoms with E-state index in [-0.39, 0.29) is 0 Å². The Morgan fingerprint density at radius 1 is 1.38 bits per heavy atom. The van der Waals surface area contributed by atoms with Gasteiger partial charge in [0, 0.05) is 0 Å². The highest BCUT2D eigenvalue weighted by Gasteiger charge is 1.89. The van der Waals surface area contributed by atoms with Crippen LogP contribution in [0.15, 0.2) is 12.7 Å². The van der Waals surface area contributed by atoms with Crippen LogP contribution in [0.1, 0.15) is 19.3 Å². The molecule has 0 aromatic heterocycles. The van der Waals surface area contributed by atoms with Crippen LogP contribution in [-0.4, -0.2) is 0 Å². The molecule has 0 N–H and O–H groups in total. The molecule has 2 radical (unpaired) electrons. The monoisotopic (exact) mass is 110 g/mol. The van der Waals surface area contributed by atoms with Gasteiger partial charge in [0.15, 0.2) is 0 Å². The zero-order valence-electron chi connectivity index (χ0n) is 5.40. The van der Waals surface area contributed by atoms with Crippen LogP contribution in [0.2, 0.25) is 0 Å². The third-order valence-corrected chi connectivity index (χ3v) is 1.02. The molecule has 0 saturated carbocycles. The number of hydrogen-bond acceptors (Lipinski definition) is 0. The second-order valence-corrected chi connectivity index (χ2v) is 2.09. The van der Waals surface area contributed by atoms with Crippen molar-refractivity contribution in [1.29, 1.82) is 0 Å². The van der Waals surface area contributed by atoms with Gasteiger partial charge in [-0.2, -0.15) is 0 Å². The molecule has 0 spiro atoms. The van der Waals surface area contributed by atoms with Crippen molar-refractivity contribution < 1.29 is 0 Å². The summed E-state index contributed by atoms with van der Waals surface area (Å²) in [4.78, 5) is 0. The second kappa shape index (κ2) is 4.89. The highest BCUT2D eigenvalue weighted by molar-refractivity contribution is 4.69. The number of unbranched alkanes of at least 4 members (excludes halogenated alkanes) is 1. The Hall–Kier alpha value is -0.260. The van der Waals surface area contributed by atoms with Gasteiger partial charge in [0.1, 0.15) is 0 Å². The third kappa shape index (κ3) is 5.74. The van der Waals surface area contributed by atoms with Crippen LogP contribution in [-0.2, 0) is 0 Å². The molecule has 46 valence electrons. The molecule has 0 fully saturated rings. The van der Waals surface area contributed by atoms with E-state index in [4.69, 9.17) is 0 Å². The topological polar surface area (TPSA) is 0 Å². The van der Waals surface area contributed by atoms with Gasteiger partial charge in [-0.1, -0.05) is 26.3 Å². The molecule has 0 aromatic rings. The van der Waals surface area contributed by atoms with E-state index in [2.05, 4.69) is 20.4 Å². The lowest BCUT2D eigenvalue weighted by atomic mass is 10.1. The van der Waals surface area contributed by atoms with Crippen LogP contribution in [0.5, 0.6) is 0 Å². The van der Waals surface area contributed by atoms with Crippen LogP contribution >= 0.6 is 0 Å². The SMILES string of the molecule is [CH2]C([CH2])CCCC=C. The van der Waals surface area contributed by atoms with Crippen molar-refractivity contribution in [1.82, 2.24) is 0 Å². The fourth-order valence-electron chi connectivity index (χ4n) is 0.551. The number of allylic oxidation sites excluding steroid dienone is 1. The molecular weight excluding hydrogens is 96.1 g/mol. The average molecular weight is 110 g/mol. The molecule has 0 aliphatic rings. The van der Waals surface area contributed by atoms with Crippen LogP contribution < -0.4 is 0 Å². The van der Waals surface area contributed by atoms with E-state index in [9.17, 15) is 0 Å². The lowest BCUT2D eigenvalue weighted by Crippen LogP contribution is -1.85. The van der Waals surface area contributed by atoms with Crippen molar-refractivity contribution in [2.45, 2.75) is 19.3 Å². The molecule has 0 heteroatoms. The first-order chi connectivity index (χ1) is 3.77. The molecule has 0 bridgehead atoms. The van der Waals surface area contributed by atoms with Gasteiger partial charge in [0.2, 0.25) is 0 Å². The summed E-state index contributed by atoms with van der Waals surface area (Å²) in [5.74, 6) is 0.356. The molecule has 8 heavy (non-hydrogen) atoms. The number of rotatable bonds is 4. The lowest BCUT2D eigenvalue weighted by molar-refractivity contribution is 0.656. The highest BCUT2D eigenvalue weighted by atomic mass is 14.0. The summed E-state index contributed by atoms with van der Waals surface area (Å²) in [6.45, 7) is 11.1. The fraction of sp³-hybridized carbons (Fsp3) is 0.500. The van der Waals surface area contributed by atoms with Gasteiger partial charge in [-0.05, 0) is 18.8 Å². The van der Waals surface area contributed by atoms with Crippen molar-refractivity contribution in [2.75, 3.05) is 0 Å². The highest BCUT2D eigenvalue weighted by Crippen LogP contribution is 2.04. The Labute approximate surface area is 52.6 Å². The molecule has 0 atom stereocenters. The zero-order valence-corrected chi connectivity index (χ0v) is 5.40. The maximum atomic E-state index is 3.76. The van der Waals surface area contributed by atoms with Gasteiger partial charge in [0.25, 0.3) is 0 Å². The van der Waals surface area contributed by atoms with Crippen molar-refractivity contribution in [3.63, 3.8) is 0 Å². The summed E-state index contributed by atoms with van der Waals surface area (Å²) in [5, 5.41) is 0. The molecule has 0 saturated heterocycles. The normalized spacial score (nSPS) is 9.88. The molecular formula is C8H14. The Morgan fingerprint density at radius 2 is 2.00 bits per heavy atom. The molecule has 0 aliphatic carbocycles.